The lowest BCUT2D eigenvalue weighted by molar-refractivity contribution is -0.144. The van der Waals surface area contributed by atoms with Crippen LogP contribution in [0.3, 0.4) is 0 Å². The number of aliphatic hydroxyl groups is 1. The van der Waals surface area contributed by atoms with Crippen molar-refractivity contribution in [2.24, 2.45) is 5.73 Å². The summed E-state index contributed by atoms with van der Waals surface area (Å²) in [6.07, 6.45) is 0. The molecule has 0 heterocycles. The molecule has 0 aliphatic heterocycles. The summed E-state index contributed by atoms with van der Waals surface area (Å²) in [6, 6.07) is -0.914. The largest absolute Gasteiger partial charge is 0.468 e. The van der Waals surface area contributed by atoms with Crippen molar-refractivity contribution in [1.82, 2.24) is 5.32 Å². The van der Waals surface area contributed by atoms with Gasteiger partial charge in [0.25, 0.3) is 0 Å². The number of rotatable bonds is 5. The molecule has 0 rings (SSSR count). The minimum atomic E-state index is -1.33. The van der Waals surface area contributed by atoms with Gasteiger partial charge in [-0.3, -0.25) is 14.9 Å². The Bertz CT molecular complexity index is 260. The fraction of sp³-hybridized carbons (Fsp3) is 0.571. The number of nitrogens with two attached hydrogens (primary N) is 1. The highest BCUT2D eigenvalue weighted by Gasteiger charge is 2.24. The third kappa shape index (κ3) is 3.38. The second-order valence-electron chi connectivity index (χ2n) is 2.39. The van der Waals surface area contributed by atoms with Crippen LogP contribution in [0.2, 0.25) is 0 Å². The zero-order valence-corrected chi connectivity index (χ0v) is 7.56. The molecule has 7 heteroatoms. The van der Waals surface area contributed by atoms with Crippen molar-refractivity contribution in [2.45, 2.75) is 12.1 Å². The number of amides is 1. The second kappa shape index (κ2) is 5.90. The average Bonchev–Trinajstić information content (AvgIpc) is 2.18. The fourth-order valence-electron chi connectivity index (χ4n) is 0.722. The zero-order valence-electron chi connectivity index (χ0n) is 7.56. The number of ether oxygens (including phenoxy) is 1. The van der Waals surface area contributed by atoms with E-state index in [9.17, 15) is 9.59 Å². The minimum absolute atomic E-state index is 0.585. The number of nitriles is 1. The maximum absolute atomic E-state index is 10.9. The van der Waals surface area contributed by atoms with Crippen molar-refractivity contribution < 1.29 is 19.4 Å². The number of carbonyl (C=O) groups excluding carboxylic acids is 2. The number of nitrogens with one attached hydrogen (secondary N) is 1. The first-order valence-corrected chi connectivity index (χ1v) is 3.70. The Kier molecular flexibility index (Phi) is 5.21. The average molecular weight is 201 g/mol. The molecular formula is C7H11N3O4. The quantitative estimate of drug-likeness (QED) is 0.422. The first-order chi connectivity index (χ1) is 6.56. The van der Waals surface area contributed by atoms with Gasteiger partial charge in [-0.05, 0) is 0 Å². The minimum Gasteiger partial charge on any atom is -0.468 e. The zero-order chi connectivity index (χ0) is 11.1. The summed E-state index contributed by atoms with van der Waals surface area (Å²) in [5, 5.41) is 19.4. The van der Waals surface area contributed by atoms with E-state index in [0.29, 0.717) is 0 Å². The fourth-order valence-corrected chi connectivity index (χ4v) is 0.722. The SMILES string of the molecule is COC(=O)[C@H](CO)NC(C#N)C(N)=O. The van der Waals surface area contributed by atoms with Crippen molar-refractivity contribution in [1.29, 1.82) is 5.26 Å². The standard InChI is InChI=1S/C7H11N3O4/c1-14-7(13)5(3-11)10-4(2-8)6(9)12/h4-5,10-11H,3H2,1H3,(H2,9,12)/t4?,5-/m0/s1. The highest BCUT2D eigenvalue weighted by molar-refractivity contribution is 5.84. The van der Waals surface area contributed by atoms with E-state index in [0.717, 1.165) is 7.11 Å². The summed E-state index contributed by atoms with van der Waals surface area (Å²) >= 11 is 0. The molecule has 7 nitrogen and oxygen atoms in total. The van der Waals surface area contributed by atoms with Crippen LogP contribution in [-0.4, -0.2) is 42.8 Å². The van der Waals surface area contributed by atoms with Crippen molar-refractivity contribution in [2.75, 3.05) is 13.7 Å². The molecule has 14 heavy (non-hydrogen) atoms. The third-order valence-corrected chi connectivity index (χ3v) is 1.45. The van der Waals surface area contributed by atoms with Crippen LogP contribution in [0.25, 0.3) is 0 Å². The highest BCUT2D eigenvalue weighted by Crippen LogP contribution is 1.90. The lowest BCUT2D eigenvalue weighted by atomic mass is 10.2. The van der Waals surface area contributed by atoms with E-state index >= 15 is 0 Å². The Labute approximate surface area is 80.4 Å². The molecule has 2 atom stereocenters. The van der Waals surface area contributed by atoms with Gasteiger partial charge in [0.15, 0.2) is 6.04 Å². The molecule has 0 aromatic heterocycles. The molecule has 0 aliphatic carbocycles. The van der Waals surface area contributed by atoms with Gasteiger partial charge in [-0.25, -0.2) is 0 Å². The molecule has 78 valence electrons. The van der Waals surface area contributed by atoms with Gasteiger partial charge in [-0.1, -0.05) is 0 Å². The van der Waals surface area contributed by atoms with E-state index in [4.69, 9.17) is 16.1 Å². The van der Waals surface area contributed by atoms with Crippen molar-refractivity contribution in [3.63, 3.8) is 0 Å². The maximum Gasteiger partial charge on any atom is 0.325 e. The Balaban J connectivity index is 4.38. The molecular weight excluding hydrogens is 190 g/mol. The predicted octanol–water partition coefficient (Wildman–Crippen LogP) is -2.51. The van der Waals surface area contributed by atoms with Crippen LogP contribution in [0, 0.1) is 11.3 Å². The van der Waals surface area contributed by atoms with E-state index < -0.39 is 30.6 Å². The summed E-state index contributed by atoms with van der Waals surface area (Å²) in [5.74, 6) is -1.69. The number of nitrogens with zero attached hydrogens (tertiary/aromatic N) is 1. The van der Waals surface area contributed by atoms with E-state index in [1.165, 1.54) is 0 Å². The monoisotopic (exact) mass is 201 g/mol. The highest BCUT2D eigenvalue weighted by atomic mass is 16.5. The molecule has 4 N–H and O–H groups in total. The Morgan fingerprint density at radius 1 is 1.71 bits per heavy atom. The Hall–Kier alpha value is -1.65. The molecule has 1 unspecified atom stereocenters. The van der Waals surface area contributed by atoms with Gasteiger partial charge in [-0.15, -0.1) is 0 Å². The van der Waals surface area contributed by atoms with Crippen LogP contribution < -0.4 is 11.1 Å². The van der Waals surface area contributed by atoms with Crippen molar-refractivity contribution >= 4 is 11.9 Å². The summed E-state index contributed by atoms with van der Waals surface area (Å²) < 4.78 is 4.31. The smallest absolute Gasteiger partial charge is 0.325 e. The van der Waals surface area contributed by atoms with Gasteiger partial charge < -0.3 is 15.6 Å². The van der Waals surface area contributed by atoms with Gasteiger partial charge in [0, 0.05) is 0 Å². The molecule has 0 bridgehead atoms. The molecule has 0 aromatic rings. The first kappa shape index (κ1) is 12.3. The van der Waals surface area contributed by atoms with E-state index in [2.05, 4.69) is 10.1 Å². The van der Waals surface area contributed by atoms with Gasteiger partial charge in [0.1, 0.15) is 6.04 Å². The summed E-state index contributed by atoms with van der Waals surface area (Å²) in [5.41, 5.74) is 4.83. The van der Waals surface area contributed by atoms with Crippen LogP contribution >= 0.6 is 0 Å². The molecule has 0 fully saturated rings. The summed E-state index contributed by atoms with van der Waals surface area (Å²) in [6.45, 7) is -0.585. The second-order valence-corrected chi connectivity index (χ2v) is 2.39. The number of carbonyl (C=O) groups is 2. The molecule has 1 amide bonds. The Morgan fingerprint density at radius 2 is 2.29 bits per heavy atom. The van der Waals surface area contributed by atoms with E-state index in [1.54, 1.807) is 6.07 Å². The number of methoxy groups -OCH3 is 1. The van der Waals surface area contributed by atoms with Crippen LogP contribution in [0.4, 0.5) is 0 Å². The van der Waals surface area contributed by atoms with Crippen molar-refractivity contribution in [3.8, 4) is 6.07 Å². The number of hydrogen-bond acceptors (Lipinski definition) is 6. The Morgan fingerprint density at radius 3 is 2.57 bits per heavy atom. The number of aliphatic hydroxyl groups excluding tert-OH is 1. The van der Waals surface area contributed by atoms with Gasteiger partial charge >= 0.3 is 5.97 Å². The molecule has 0 saturated carbocycles. The van der Waals surface area contributed by atoms with Crippen LogP contribution in [0.15, 0.2) is 0 Å². The summed E-state index contributed by atoms with van der Waals surface area (Å²) in [4.78, 5) is 21.5. The number of hydrogen-bond donors (Lipinski definition) is 3. The molecule has 0 aromatic carbocycles. The maximum atomic E-state index is 10.9. The molecule has 0 aliphatic rings. The van der Waals surface area contributed by atoms with E-state index in [-0.39, 0.29) is 0 Å². The molecule has 0 radical (unpaired) electrons. The summed E-state index contributed by atoms with van der Waals surface area (Å²) in [7, 11) is 1.12. The number of esters is 1. The molecule has 0 saturated heterocycles. The number of primary amides is 1. The van der Waals surface area contributed by atoms with Crippen LogP contribution in [0.1, 0.15) is 0 Å². The van der Waals surface area contributed by atoms with Gasteiger partial charge in [0.2, 0.25) is 5.91 Å². The topological polar surface area (TPSA) is 125 Å². The third-order valence-electron chi connectivity index (χ3n) is 1.45. The first-order valence-electron chi connectivity index (χ1n) is 3.70. The van der Waals surface area contributed by atoms with Crippen LogP contribution in [0.5, 0.6) is 0 Å². The van der Waals surface area contributed by atoms with Gasteiger partial charge in [0.05, 0.1) is 19.8 Å². The van der Waals surface area contributed by atoms with Crippen molar-refractivity contribution in [3.05, 3.63) is 0 Å². The lowest BCUT2D eigenvalue weighted by Crippen LogP contribution is -2.50. The predicted molar refractivity (Wildman–Crippen MR) is 44.6 cm³/mol. The lowest BCUT2D eigenvalue weighted by Gasteiger charge is -2.15. The van der Waals surface area contributed by atoms with Gasteiger partial charge in [-0.2, -0.15) is 5.26 Å². The normalized spacial score (nSPS) is 13.8. The van der Waals surface area contributed by atoms with E-state index in [1.807, 2.05) is 0 Å². The van der Waals surface area contributed by atoms with Crippen LogP contribution in [-0.2, 0) is 14.3 Å². The molecule has 0 spiro atoms.